The number of rotatable bonds is 40. The number of aromatic nitrogens is 4. The molecule has 0 saturated carbocycles. The number of anilines is 1. The average Bonchev–Trinajstić information content (AvgIpc) is 1.01. The number of nitrogens with zero attached hydrogens (tertiary/aromatic N) is 3. The molecule has 0 spiro atoms. The van der Waals surface area contributed by atoms with Crippen molar-refractivity contribution in [2.45, 2.75) is 81.8 Å². The van der Waals surface area contributed by atoms with E-state index in [9.17, 15) is 67.7 Å². The highest BCUT2D eigenvalue weighted by Gasteiger charge is 2.45. The number of phosphoric ester groups is 3. The first-order valence-electron chi connectivity index (χ1n) is 30.6. The van der Waals surface area contributed by atoms with Crippen molar-refractivity contribution in [2.24, 2.45) is 0 Å². The third kappa shape index (κ3) is 21.0. The normalized spacial score (nSPS) is 19.8. The Morgan fingerprint density at radius 2 is 1.37 bits per heavy atom. The van der Waals surface area contributed by atoms with Gasteiger partial charge in [0.1, 0.15) is 53.7 Å². The maximum Gasteiger partial charge on any atom is 0.474 e. The van der Waals surface area contributed by atoms with Crippen molar-refractivity contribution in [2.75, 3.05) is 106 Å². The number of aromatic carboxylic acids is 1. The highest BCUT2D eigenvalue weighted by atomic mass is 31.2. The van der Waals surface area contributed by atoms with Crippen molar-refractivity contribution in [3.8, 4) is 28.2 Å². The third-order valence-electron chi connectivity index (χ3n) is 15.0. The second-order valence-electron chi connectivity index (χ2n) is 21.7. The molecule has 2 aromatic carbocycles. The van der Waals surface area contributed by atoms with E-state index in [0.717, 1.165) is 42.7 Å². The summed E-state index contributed by atoms with van der Waals surface area (Å²) < 4.78 is 119. The summed E-state index contributed by atoms with van der Waals surface area (Å²) in [5.41, 5.74) is 3.80. The Bertz CT molecular complexity index is 4130. The minimum absolute atomic E-state index is 0.00108. The molecule has 1 aliphatic carbocycles. The Labute approximate surface area is 558 Å². The van der Waals surface area contributed by atoms with Gasteiger partial charge in [0.2, 0.25) is 5.91 Å². The number of hydrogen-bond donors (Lipinski definition) is 8. The lowest BCUT2D eigenvalue weighted by atomic mass is 9.89. The maximum atomic E-state index is 13.9. The van der Waals surface area contributed by atoms with Crippen molar-refractivity contribution >= 4 is 64.1 Å². The van der Waals surface area contributed by atoms with Crippen LogP contribution >= 0.6 is 23.5 Å². The highest BCUT2D eigenvalue weighted by molar-refractivity contribution is 7.49. The number of fused-ring (bicyclic) bond motifs is 2. The number of aliphatic hydroxyl groups is 2. The topological polar surface area (TPSA) is 473 Å². The molecule has 98 heavy (non-hydrogen) atoms. The Morgan fingerprint density at radius 3 is 2.04 bits per heavy atom. The number of unbranched alkanes of at least 4 members (excludes halogenated alkanes) is 3. The molecular weight excluding hydrogens is 1360 g/mol. The summed E-state index contributed by atoms with van der Waals surface area (Å²) in [7, 11) is -9.73. The van der Waals surface area contributed by atoms with E-state index in [2.05, 4.69) is 20.6 Å². The second kappa shape index (κ2) is 36.0. The van der Waals surface area contributed by atoms with E-state index in [1.165, 1.54) is 66.9 Å². The number of amides is 2. The number of carbonyl (C=O) groups excluding carboxylic acids is 2. The van der Waals surface area contributed by atoms with E-state index in [1.54, 1.807) is 6.07 Å². The number of phosphoric acid groups is 3. The minimum atomic E-state index is -4.49. The van der Waals surface area contributed by atoms with Crippen LogP contribution < -0.4 is 38.7 Å². The van der Waals surface area contributed by atoms with Crippen LogP contribution in [0, 0.1) is 0 Å². The van der Waals surface area contributed by atoms with Gasteiger partial charge in [-0.2, -0.15) is 4.98 Å². The smallest absolute Gasteiger partial charge is 0.474 e. The monoisotopic (exact) mass is 1440 g/mol. The molecule has 2 amide bonds. The summed E-state index contributed by atoms with van der Waals surface area (Å²) in [6.07, 6.45) is 0.0914. The Hall–Kier alpha value is -7.47. The lowest BCUT2D eigenvalue weighted by Crippen LogP contribution is -2.33. The van der Waals surface area contributed by atoms with Crippen LogP contribution in [-0.2, 0) is 78.2 Å². The molecule has 38 heteroatoms. The fourth-order valence-electron chi connectivity index (χ4n) is 10.1. The van der Waals surface area contributed by atoms with Crippen LogP contribution in [0.2, 0.25) is 0 Å². The highest BCUT2D eigenvalue weighted by Crippen LogP contribution is 2.54. The van der Waals surface area contributed by atoms with Crippen LogP contribution in [0.15, 0.2) is 103 Å². The standard InChI is InChI=1S/C60H76N7O28P3/c1-82-96(79,87-22-8-21-68)91-36-50-48(95-98(81,84-3)89-28-26-86-24-23-85-25-27-88-97(80,83-2)90-35-49-45(71)32-53(93-49)66-20-17-51(61)64-59(66)77)33-54(94-50)67-34-38(57(74)65-60(67)78)10-16-52(72)62-18-6-4-5-7-19-63-56(73)37-9-13-41(58(75)76)44(29-37)55-42-14-11-39(69)30-46(42)92-47-31-40(70)12-15-43(47)55/h9-17,20,29-31,34,45,48-50,53-54,68-69,71H,4-8,18-19,21-28,32-33,35-36H2,1-3H3,(H,62,72)(H,63,73)(H,75,76)(H2,61,64,77)(H,65,74,78)/t45-,48-,49-,50-,53-,54-,96?,97?,98?/m1/s1. The molecule has 9 N–H and O–H groups in total. The first kappa shape index (κ1) is 76.3. The first-order chi connectivity index (χ1) is 47.0. The van der Waals surface area contributed by atoms with Gasteiger partial charge in [0, 0.05) is 107 Å². The molecule has 534 valence electrons. The van der Waals surface area contributed by atoms with Crippen molar-refractivity contribution < 1.29 is 113 Å². The molecule has 4 aromatic rings. The summed E-state index contributed by atoms with van der Waals surface area (Å²) in [6, 6.07) is 14.0. The molecule has 35 nitrogen and oxygen atoms in total. The van der Waals surface area contributed by atoms with Gasteiger partial charge in [0.15, 0.2) is 5.43 Å². The minimum Gasteiger partial charge on any atom is -0.508 e. The Morgan fingerprint density at radius 1 is 0.724 bits per heavy atom. The Balaban J connectivity index is 0.774. The zero-order chi connectivity index (χ0) is 70.6. The van der Waals surface area contributed by atoms with E-state index in [4.69, 9.17) is 69.8 Å². The second-order valence-corrected chi connectivity index (χ2v) is 27.0. The van der Waals surface area contributed by atoms with Gasteiger partial charge < -0.3 is 60.2 Å². The number of phenolic OH excluding ortho intramolecular Hbond substituents is 1. The van der Waals surface area contributed by atoms with Gasteiger partial charge in [0.05, 0.1) is 76.7 Å². The van der Waals surface area contributed by atoms with Crippen molar-refractivity contribution in [1.82, 2.24) is 29.7 Å². The zero-order valence-corrected chi connectivity index (χ0v) is 56.0. The molecular formula is C60H76N7O28P3. The van der Waals surface area contributed by atoms with Crippen molar-refractivity contribution in [3.63, 3.8) is 0 Å². The fraction of sp³-hybridized carbons (Fsp3) is 0.467. The summed E-state index contributed by atoms with van der Waals surface area (Å²) in [6.45, 7) is -1.93. The van der Waals surface area contributed by atoms with Crippen LogP contribution in [0.25, 0.3) is 39.5 Å². The summed E-state index contributed by atoms with van der Waals surface area (Å²) in [5.74, 6) is -2.25. The molecule has 2 fully saturated rings. The Kier molecular flexibility index (Phi) is 28.1. The molecule has 3 aliphatic heterocycles. The number of hydrogen-bond acceptors (Lipinski definition) is 29. The number of carboxylic acid groups (broad SMARTS) is 1. The van der Waals surface area contributed by atoms with Crippen LogP contribution in [0.1, 0.15) is 83.7 Å². The van der Waals surface area contributed by atoms with E-state index < -0.39 is 108 Å². The molecule has 3 unspecified atom stereocenters. The lowest BCUT2D eigenvalue weighted by Gasteiger charge is -2.24. The van der Waals surface area contributed by atoms with E-state index in [1.807, 2.05) is 0 Å². The van der Waals surface area contributed by atoms with Crippen LogP contribution in [-0.4, -0.2) is 182 Å². The van der Waals surface area contributed by atoms with Crippen LogP contribution in [0.3, 0.4) is 0 Å². The molecule has 2 aromatic heterocycles. The van der Waals surface area contributed by atoms with Crippen LogP contribution in [0.5, 0.6) is 5.75 Å². The predicted octanol–water partition coefficient (Wildman–Crippen LogP) is 4.86. The number of phenols is 1. The van der Waals surface area contributed by atoms with Crippen molar-refractivity contribution in [1.29, 1.82) is 0 Å². The average molecular weight is 1440 g/mol. The number of aliphatic hydroxyl groups excluding tert-OH is 2. The van der Waals surface area contributed by atoms with E-state index in [0.29, 0.717) is 42.2 Å². The number of nitrogens with one attached hydrogen (secondary N) is 3. The molecule has 2 saturated heterocycles. The molecule has 0 radical (unpaired) electrons. The van der Waals surface area contributed by atoms with E-state index >= 15 is 0 Å². The number of nitrogen functional groups attached to an aromatic ring is 1. The number of carboxylic acids is 1. The van der Waals surface area contributed by atoms with Gasteiger partial charge in [0.25, 0.3) is 11.5 Å². The predicted molar refractivity (Wildman–Crippen MR) is 345 cm³/mol. The number of ether oxygens (including phenoxy) is 4. The first-order valence-corrected chi connectivity index (χ1v) is 35.0. The number of aromatic hydroxyl groups is 1. The van der Waals surface area contributed by atoms with Gasteiger partial charge in [-0.25, -0.2) is 28.1 Å². The van der Waals surface area contributed by atoms with E-state index in [-0.39, 0.29) is 136 Å². The largest absolute Gasteiger partial charge is 0.508 e. The maximum absolute atomic E-state index is 13.9. The van der Waals surface area contributed by atoms with Crippen LogP contribution in [0.4, 0.5) is 5.82 Å². The third-order valence-corrected chi connectivity index (χ3v) is 19.3. The lowest BCUT2D eigenvalue weighted by molar-refractivity contribution is -0.116. The number of aromatic amines is 1. The van der Waals surface area contributed by atoms with Crippen molar-refractivity contribution in [3.05, 3.63) is 137 Å². The van der Waals surface area contributed by atoms with Gasteiger partial charge in [-0.1, -0.05) is 12.8 Å². The molecule has 5 heterocycles. The summed E-state index contributed by atoms with van der Waals surface area (Å²) in [4.78, 5) is 95.5. The van der Waals surface area contributed by atoms with Gasteiger partial charge in [-0.05, 0) is 79.4 Å². The quantitative estimate of drug-likeness (QED) is 0.0110. The summed E-state index contributed by atoms with van der Waals surface area (Å²) >= 11 is 0. The number of nitrogens with two attached hydrogens (primary N) is 1. The molecule has 0 bridgehead atoms. The summed E-state index contributed by atoms with van der Waals surface area (Å²) in [5, 5.41) is 46.1. The molecule has 9 atom stereocenters. The molecule has 8 rings (SSSR count). The van der Waals surface area contributed by atoms with Gasteiger partial charge >= 0.3 is 40.8 Å². The number of H-pyrrole nitrogens is 1. The van der Waals surface area contributed by atoms with Gasteiger partial charge in [-0.3, -0.25) is 74.0 Å². The number of carbonyl (C=O) groups is 3. The molecule has 4 aliphatic rings. The zero-order valence-electron chi connectivity index (χ0n) is 53.3. The fourth-order valence-corrected chi connectivity index (χ4v) is 13.1. The van der Waals surface area contributed by atoms with Gasteiger partial charge in [-0.15, -0.1) is 0 Å². The number of benzene rings is 3. The SMILES string of the molecule is COP(=O)(OCCOCCOCCOP(=O)(OC)O[C@@H]1C[C@H](n2cc(C=CC(=O)NCCCCCCNC(=O)c3ccc(C(=O)O)c(-c4c5ccc(=O)cc-5oc5cc(O)ccc45)c3)c(=O)[nH]c2=O)O[C@@H]1COP(=O)(OC)OCCCO)OC[C@H]1O[C@@H](n2ccc(N)nc2=O)C[C@H]1O.